The first-order chi connectivity index (χ1) is 12.7. The molecule has 3 rings (SSSR count). The van der Waals surface area contributed by atoms with Gasteiger partial charge in [-0.2, -0.15) is 5.26 Å². The number of anilines is 1. The fourth-order valence-electron chi connectivity index (χ4n) is 3.70. The zero-order chi connectivity index (χ0) is 19.8. The smallest absolute Gasteiger partial charge is 0.130 e. The SMILES string of the molecule is [B]C([B])([B])C([B])(O)c1nc2cnc(NC)cc2n1C1CCC(CC#N)CC1. The molecule has 1 aliphatic carbocycles. The zero-order valence-electron chi connectivity index (χ0n) is 15.4. The summed E-state index contributed by atoms with van der Waals surface area (Å²) < 4.78 is 1.88. The van der Waals surface area contributed by atoms with Gasteiger partial charge in [0.05, 0.1) is 46.8 Å². The molecule has 1 aliphatic rings. The third-order valence-corrected chi connectivity index (χ3v) is 5.39. The fraction of sp³-hybridized carbons (Fsp3) is 0.588. The highest BCUT2D eigenvalue weighted by atomic mass is 16.3. The van der Waals surface area contributed by atoms with Gasteiger partial charge in [0.1, 0.15) is 25.0 Å². The second-order valence-electron chi connectivity index (χ2n) is 7.35. The average molecular weight is 353 g/mol. The van der Waals surface area contributed by atoms with E-state index in [0.29, 0.717) is 23.7 Å². The van der Waals surface area contributed by atoms with E-state index in [4.69, 9.17) is 36.6 Å². The first-order valence-electron chi connectivity index (χ1n) is 9.00. The summed E-state index contributed by atoms with van der Waals surface area (Å²) in [7, 11) is 25.1. The predicted molar refractivity (Wildman–Crippen MR) is 108 cm³/mol. The Hall–Kier alpha value is -1.87. The van der Waals surface area contributed by atoms with E-state index >= 15 is 0 Å². The Labute approximate surface area is 164 Å². The molecule has 2 aromatic rings. The Morgan fingerprint density at radius 3 is 2.52 bits per heavy atom. The highest BCUT2D eigenvalue weighted by Crippen LogP contribution is 2.42. The minimum Gasteiger partial charge on any atom is -0.394 e. The summed E-state index contributed by atoms with van der Waals surface area (Å²) >= 11 is 0. The van der Waals surface area contributed by atoms with Gasteiger partial charge in [-0.25, -0.2) is 9.97 Å². The van der Waals surface area contributed by atoms with Crippen molar-refractivity contribution in [2.75, 3.05) is 12.4 Å². The number of aromatic nitrogens is 3. The van der Waals surface area contributed by atoms with Gasteiger partial charge in [0, 0.05) is 25.6 Å². The van der Waals surface area contributed by atoms with Crippen LogP contribution in [-0.4, -0.2) is 58.1 Å². The Kier molecular flexibility index (Phi) is 5.35. The van der Waals surface area contributed by atoms with Crippen molar-refractivity contribution >= 4 is 48.2 Å². The first kappa shape index (κ1) is 19.9. The van der Waals surface area contributed by atoms with Gasteiger partial charge in [-0.05, 0) is 31.6 Å². The maximum Gasteiger partial charge on any atom is 0.130 e. The minimum absolute atomic E-state index is 0.0319. The molecule has 1 saturated carbocycles. The molecule has 10 heteroatoms. The van der Waals surface area contributed by atoms with Gasteiger partial charge in [-0.15, -0.1) is 5.11 Å². The highest BCUT2D eigenvalue weighted by molar-refractivity contribution is 6.62. The topological polar surface area (TPSA) is 86.8 Å². The lowest BCUT2D eigenvalue weighted by Crippen LogP contribution is -2.45. The van der Waals surface area contributed by atoms with Crippen LogP contribution in [0.25, 0.3) is 11.0 Å². The Bertz CT molecular complexity index is 863. The van der Waals surface area contributed by atoms with Crippen molar-refractivity contribution in [3.63, 3.8) is 0 Å². The summed E-state index contributed by atoms with van der Waals surface area (Å²) in [6, 6.07) is 4.12. The van der Waals surface area contributed by atoms with Crippen molar-refractivity contribution in [2.45, 2.75) is 48.8 Å². The zero-order valence-corrected chi connectivity index (χ0v) is 15.4. The van der Waals surface area contributed by atoms with Crippen LogP contribution in [0.15, 0.2) is 12.3 Å². The molecule has 2 N–H and O–H groups in total. The molecule has 130 valence electrons. The summed E-state index contributed by atoms with van der Waals surface area (Å²) in [6.45, 7) is 0. The lowest BCUT2D eigenvalue weighted by molar-refractivity contribution is 0.110. The number of nitriles is 1. The normalized spacial score (nSPS) is 22.9. The van der Waals surface area contributed by atoms with Gasteiger partial charge in [0.2, 0.25) is 0 Å². The standard InChI is InChI=1S/C17H19B4N5O/c1-23-14-8-13-12(9-24-14)25-15(16(18,27)17(19,20)21)26(13)11-4-2-10(3-5-11)6-7-22/h8-11,27H,2-6H2,1H3,(H,23,24). The van der Waals surface area contributed by atoms with E-state index in [-0.39, 0.29) is 11.9 Å². The van der Waals surface area contributed by atoms with Crippen LogP contribution in [-0.2, 0) is 5.50 Å². The molecule has 1 fully saturated rings. The van der Waals surface area contributed by atoms with Crippen LogP contribution < -0.4 is 5.32 Å². The number of imidazole rings is 1. The van der Waals surface area contributed by atoms with Crippen LogP contribution in [0.5, 0.6) is 0 Å². The largest absolute Gasteiger partial charge is 0.394 e. The van der Waals surface area contributed by atoms with Gasteiger partial charge < -0.3 is 15.0 Å². The quantitative estimate of drug-likeness (QED) is 0.784. The van der Waals surface area contributed by atoms with Crippen LogP contribution in [0.3, 0.4) is 0 Å². The maximum absolute atomic E-state index is 10.8. The molecule has 8 radical (unpaired) electrons. The van der Waals surface area contributed by atoms with Crippen molar-refractivity contribution in [1.82, 2.24) is 14.5 Å². The van der Waals surface area contributed by atoms with Crippen molar-refractivity contribution < 1.29 is 5.11 Å². The van der Waals surface area contributed by atoms with Gasteiger partial charge in [-0.3, -0.25) is 0 Å². The molecule has 0 saturated heterocycles. The van der Waals surface area contributed by atoms with Crippen molar-refractivity contribution in [1.29, 1.82) is 5.26 Å². The van der Waals surface area contributed by atoms with Crippen LogP contribution in [0.2, 0.25) is 5.11 Å². The molecular weight excluding hydrogens is 333 g/mol. The summed E-state index contributed by atoms with van der Waals surface area (Å²) in [5.74, 6) is 1.16. The third kappa shape index (κ3) is 3.62. The van der Waals surface area contributed by atoms with E-state index in [0.717, 1.165) is 31.2 Å². The molecule has 0 spiro atoms. The molecule has 2 aromatic heterocycles. The number of hydrogen-bond acceptors (Lipinski definition) is 5. The van der Waals surface area contributed by atoms with E-state index in [1.165, 1.54) is 0 Å². The first-order valence-corrected chi connectivity index (χ1v) is 9.00. The van der Waals surface area contributed by atoms with Crippen molar-refractivity contribution in [3.8, 4) is 6.07 Å². The second-order valence-corrected chi connectivity index (χ2v) is 7.35. The molecule has 27 heavy (non-hydrogen) atoms. The Morgan fingerprint density at radius 2 is 1.96 bits per heavy atom. The van der Waals surface area contributed by atoms with Gasteiger partial charge in [0.15, 0.2) is 0 Å². The molecule has 1 atom stereocenters. The summed E-state index contributed by atoms with van der Waals surface area (Å²) in [5, 5.41) is 20.7. The van der Waals surface area contributed by atoms with E-state index in [1.54, 1.807) is 13.2 Å². The van der Waals surface area contributed by atoms with E-state index in [9.17, 15) is 5.11 Å². The fourth-order valence-corrected chi connectivity index (χ4v) is 3.70. The molecule has 6 nitrogen and oxygen atoms in total. The third-order valence-electron chi connectivity index (χ3n) is 5.39. The molecule has 0 aromatic carbocycles. The number of aliphatic hydroxyl groups is 1. The van der Waals surface area contributed by atoms with Crippen LogP contribution >= 0.6 is 0 Å². The summed E-state index contributed by atoms with van der Waals surface area (Å²) in [4.78, 5) is 8.73. The van der Waals surface area contributed by atoms with Gasteiger partial charge in [0.25, 0.3) is 0 Å². The van der Waals surface area contributed by atoms with Crippen LogP contribution in [0.4, 0.5) is 5.82 Å². The van der Waals surface area contributed by atoms with Crippen LogP contribution in [0, 0.1) is 17.2 Å². The molecule has 0 amide bonds. The second kappa shape index (κ2) is 7.27. The maximum atomic E-state index is 10.8. The number of nitrogens with zero attached hydrogens (tertiary/aromatic N) is 4. The Morgan fingerprint density at radius 1 is 1.30 bits per heavy atom. The van der Waals surface area contributed by atoms with Crippen molar-refractivity contribution in [2.24, 2.45) is 5.92 Å². The van der Waals surface area contributed by atoms with E-state index in [1.807, 2.05) is 10.6 Å². The van der Waals surface area contributed by atoms with E-state index < -0.39 is 10.6 Å². The Balaban J connectivity index is 2.11. The predicted octanol–water partition coefficient (Wildman–Crippen LogP) is 1.01. The lowest BCUT2D eigenvalue weighted by Gasteiger charge is -2.41. The number of rotatable bonds is 5. The van der Waals surface area contributed by atoms with Gasteiger partial charge in [-0.1, -0.05) is 0 Å². The monoisotopic (exact) mass is 353 g/mol. The number of nitrogens with one attached hydrogen (secondary N) is 1. The molecule has 0 aliphatic heterocycles. The summed E-state index contributed by atoms with van der Waals surface area (Å²) in [6.07, 6.45) is 5.61. The molecule has 2 heterocycles. The molecular formula is C17H19B4N5O. The van der Waals surface area contributed by atoms with Gasteiger partial charge >= 0.3 is 0 Å². The number of fused-ring (bicyclic) bond motifs is 1. The average Bonchev–Trinajstić information content (AvgIpc) is 3.01. The molecule has 1 unspecified atom stereocenters. The van der Waals surface area contributed by atoms with Crippen LogP contribution in [0.1, 0.15) is 44.0 Å². The minimum atomic E-state index is -2.24. The number of hydrogen-bond donors (Lipinski definition) is 2. The van der Waals surface area contributed by atoms with Crippen molar-refractivity contribution in [3.05, 3.63) is 18.1 Å². The van der Waals surface area contributed by atoms with E-state index in [2.05, 4.69) is 21.4 Å². The number of pyridine rings is 1. The summed E-state index contributed by atoms with van der Waals surface area (Å²) in [5.41, 5.74) is -0.910. The lowest BCUT2D eigenvalue weighted by atomic mass is 9.32. The molecule has 0 bridgehead atoms. The highest BCUT2D eigenvalue weighted by Gasteiger charge is 2.40.